The number of sulfonamides is 1. The number of nitrogens with zero attached hydrogens (tertiary/aromatic N) is 1. The third-order valence-electron chi connectivity index (χ3n) is 2.48. The third-order valence-corrected chi connectivity index (χ3v) is 4.20. The van der Waals surface area contributed by atoms with Crippen molar-refractivity contribution in [2.75, 3.05) is 13.7 Å². The van der Waals surface area contributed by atoms with Crippen molar-refractivity contribution in [2.45, 2.75) is 24.3 Å². The zero-order valence-electron chi connectivity index (χ0n) is 10.8. The molecule has 1 heterocycles. The number of hydrogen-bond donors (Lipinski definition) is 2. The largest absolute Gasteiger partial charge is 0.388 e. The lowest BCUT2D eigenvalue weighted by Gasteiger charge is -2.15. The SMILES string of the molecule is CCC(COC)NS(=O)(=O)c1ccc(C(N)=S)nc1. The highest BCUT2D eigenvalue weighted by Crippen LogP contribution is 2.09. The van der Waals surface area contributed by atoms with E-state index in [4.69, 9.17) is 22.7 Å². The summed E-state index contributed by atoms with van der Waals surface area (Å²) in [6.07, 6.45) is 1.86. The number of rotatable bonds is 7. The molecule has 0 spiro atoms. The summed E-state index contributed by atoms with van der Waals surface area (Å²) >= 11 is 4.76. The lowest BCUT2D eigenvalue weighted by atomic mass is 10.3. The number of aromatic nitrogens is 1. The zero-order valence-corrected chi connectivity index (χ0v) is 12.4. The summed E-state index contributed by atoms with van der Waals surface area (Å²) in [4.78, 5) is 4.11. The third kappa shape index (κ3) is 4.50. The van der Waals surface area contributed by atoms with Gasteiger partial charge in [0, 0.05) is 19.3 Å². The Morgan fingerprint density at radius 3 is 2.68 bits per heavy atom. The standard InChI is InChI=1S/C11H17N3O3S2/c1-3-8(7-17-2)14-19(15,16)9-4-5-10(11(12)18)13-6-9/h4-6,8,14H,3,7H2,1-2H3,(H2,12,18). The first-order chi connectivity index (χ1) is 8.90. The van der Waals surface area contributed by atoms with E-state index in [0.717, 1.165) is 0 Å². The fraction of sp³-hybridized carbons (Fsp3) is 0.455. The van der Waals surface area contributed by atoms with Gasteiger partial charge in [-0.1, -0.05) is 19.1 Å². The Kier molecular flexibility index (Phi) is 5.80. The lowest BCUT2D eigenvalue weighted by Crippen LogP contribution is -2.37. The van der Waals surface area contributed by atoms with Crippen molar-refractivity contribution < 1.29 is 13.2 Å². The molecule has 0 amide bonds. The molecule has 1 unspecified atom stereocenters. The van der Waals surface area contributed by atoms with Crippen LogP contribution in [0.5, 0.6) is 0 Å². The van der Waals surface area contributed by atoms with Crippen LogP contribution in [0.25, 0.3) is 0 Å². The van der Waals surface area contributed by atoms with Gasteiger partial charge in [0.15, 0.2) is 0 Å². The molecular weight excluding hydrogens is 286 g/mol. The summed E-state index contributed by atoms with van der Waals surface area (Å²) in [6, 6.07) is 2.63. The maximum atomic E-state index is 12.1. The molecule has 106 valence electrons. The molecule has 0 fully saturated rings. The molecule has 0 aromatic carbocycles. The predicted molar refractivity (Wildman–Crippen MR) is 76.4 cm³/mol. The fourth-order valence-corrected chi connectivity index (χ4v) is 2.78. The molecule has 0 saturated carbocycles. The van der Waals surface area contributed by atoms with E-state index in [1.807, 2.05) is 6.92 Å². The Morgan fingerprint density at radius 2 is 2.26 bits per heavy atom. The molecule has 1 aromatic heterocycles. The Bertz CT molecular complexity index is 529. The van der Waals surface area contributed by atoms with Gasteiger partial charge in [0.25, 0.3) is 0 Å². The monoisotopic (exact) mass is 303 g/mol. The van der Waals surface area contributed by atoms with Crippen LogP contribution in [0.2, 0.25) is 0 Å². The first-order valence-electron chi connectivity index (χ1n) is 5.67. The van der Waals surface area contributed by atoms with Gasteiger partial charge >= 0.3 is 0 Å². The second-order valence-corrected chi connectivity index (χ2v) is 6.08. The van der Waals surface area contributed by atoms with Crippen LogP contribution < -0.4 is 10.5 Å². The first-order valence-corrected chi connectivity index (χ1v) is 7.57. The maximum Gasteiger partial charge on any atom is 0.242 e. The molecule has 1 rings (SSSR count). The van der Waals surface area contributed by atoms with E-state index in [2.05, 4.69) is 9.71 Å². The van der Waals surface area contributed by atoms with E-state index in [-0.39, 0.29) is 15.9 Å². The smallest absolute Gasteiger partial charge is 0.242 e. The minimum atomic E-state index is -3.61. The topological polar surface area (TPSA) is 94.3 Å². The normalized spacial score (nSPS) is 13.2. The summed E-state index contributed by atoms with van der Waals surface area (Å²) in [6.45, 7) is 2.19. The van der Waals surface area contributed by atoms with Crippen LogP contribution in [0.3, 0.4) is 0 Å². The highest BCUT2D eigenvalue weighted by molar-refractivity contribution is 7.89. The Labute approximate surface area is 118 Å². The van der Waals surface area contributed by atoms with Crippen molar-refractivity contribution >= 4 is 27.2 Å². The number of ether oxygens (including phenoxy) is 1. The summed E-state index contributed by atoms with van der Waals surface area (Å²) in [5.41, 5.74) is 5.79. The number of thiocarbonyl (C=S) groups is 1. The Morgan fingerprint density at radius 1 is 1.58 bits per heavy atom. The molecule has 1 aromatic rings. The molecule has 1 atom stereocenters. The molecule has 0 aliphatic carbocycles. The summed E-state index contributed by atoms with van der Waals surface area (Å²) in [5, 5.41) is 0. The van der Waals surface area contributed by atoms with E-state index in [1.165, 1.54) is 25.4 Å². The molecule has 0 radical (unpaired) electrons. The van der Waals surface area contributed by atoms with Gasteiger partial charge in [-0.05, 0) is 18.6 Å². The van der Waals surface area contributed by atoms with Crippen LogP contribution in [0.15, 0.2) is 23.2 Å². The molecule has 0 aliphatic rings. The summed E-state index contributed by atoms with van der Waals surface area (Å²) < 4.78 is 31.7. The van der Waals surface area contributed by atoms with Gasteiger partial charge in [-0.15, -0.1) is 0 Å². The molecule has 0 saturated heterocycles. The van der Waals surface area contributed by atoms with Crippen molar-refractivity contribution in [3.8, 4) is 0 Å². The minimum Gasteiger partial charge on any atom is -0.388 e. The molecule has 0 bridgehead atoms. The molecule has 8 heteroatoms. The Hall–Kier alpha value is -1.09. The van der Waals surface area contributed by atoms with Gasteiger partial charge in [-0.3, -0.25) is 4.98 Å². The predicted octanol–water partition coefficient (Wildman–Crippen LogP) is 0.419. The van der Waals surface area contributed by atoms with Crippen LogP contribution >= 0.6 is 12.2 Å². The molecule has 6 nitrogen and oxygen atoms in total. The van der Waals surface area contributed by atoms with Gasteiger partial charge in [-0.2, -0.15) is 0 Å². The van der Waals surface area contributed by atoms with E-state index in [1.54, 1.807) is 0 Å². The molecule has 3 N–H and O–H groups in total. The van der Waals surface area contributed by atoms with Gasteiger partial charge in [0.2, 0.25) is 10.0 Å². The number of methoxy groups -OCH3 is 1. The number of pyridine rings is 1. The van der Waals surface area contributed by atoms with E-state index in [9.17, 15) is 8.42 Å². The van der Waals surface area contributed by atoms with Crippen LogP contribution in [0, 0.1) is 0 Å². The zero-order chi connectivity index (χ0) is 14.5. The summed E-state index contributed by atoms with van der Waals surface area (Å²) in [5.74, 6) is 0. The maximum absolute atomic E-state index is 12.1. The average molecular weight is 303 g/mol. The number of nitrogens with one attached hydrogen (secondary N) is 1. The van der Waals surface area contributed by atoms with Crippen LogP contribution in [-0.4, -0.2) is 38.1 Å². The average Bonchev–Trinajstić information content (AvgIpc) is 2.38. The number of nitrogens with two attached hydrogens (primary N) is 1. The van der Waals surface area contributed by atoms with Crippen molar-refractivity contribution in [2.24, 2.45) is 5.73 Å². The van der Waals surface area contributed by atoms with Crippen molar-refractivity contribution in [3.63, 3.8) is 0 Å². The van der Waals surface area contributed by atoms with E-state index in [0.29, 0.717) is 18.7 Å². The van der Waals surface area contributed by atoms with Gasteiger partial charge in [0.1, 0.15) is 9.88 Å². The minimum absolute atomic E-state index is 0.0713. The quantitative estimate of drug-likeness (QED) is 0.709. The van der Waals surface area contributed by atoms with Gasteiger partial charge < -0.3 is 10.5 Å². The first kappa shape index (κ1) is 16.0. The van der Waals surface area contributed by atoms with Gasteiger partial charge in [0.05, 0.1) is 12.3 Å². The highest BCUT2D eigenvalue weighted by Gasteiger charge is 2.19. The van der Waals surface area contributed by atoms with Crippen LogP contribution in [0.4, 0.5) is 0 Å². The van der Waals surface area contributed by atoms with Crippen LogP contribution in [0.1, 0.15) is 19.0 Å². The molecule has 19 heavy (non-hydrogen) atoms. The van der Waals surface area contributed by atoms with Crippen molar-refractivity contribution in [1.82, 2.24) is 9.71 Å². The summed E-state index contributed by atoms with van der Waals surface area (Å²) in [7, 11) is -2.09. The van der Waals surface area contributed by atoms with Gasteiger partial charge in [-0.25, -0.2) is 13.1 Å². The lowest BCUT2D eigenvalue weighted by molar-refractivity contribution is 0.173. The van der Waals surface area contributed by atoms with E-state index >= 15 is 0 Å². The molecular formula is C11H17N3O3S2. The van der Waals surface area contributed by atoms with E-state index < -0.39 is 10.0 Å². The highest BCUT2D eigenvalue weighted by atomic mass is 32.2. The van der Waals surface area contributed by atoms with Crippen molar-refractivity contribution in [3.05, 3.63) is 24.0 Å². The second kappa shape index (κ2) is 6.90. The van der Waals surface area contributed by atoms with Crippen LogP contribution in [-0.2, 0) is 14.8 Å². The van der Waals surface area contributed by atoms with Crippen molar-refractivity contribution in [1.29, 1.82) is 0 Å². The fourth-order valence-electron chi connectivity index (χ4n) is 1.41. The second-order valence-electron chi connectivity index (χ2n) is 3.93. The Balaban J connectivity index is 2.90. The number of hydrogen-bond acceptors (Lipinski definition) is 5. The molecule has 0 aliphatic heterocycles.